The van der Waals surface area contributed by atoms with Crippen molar-refractivity contribution in [1.29, 1.82) is 5.26 Å². The fourth-order valence-corrected chi connectivity index (χ4v) is 1.69. The molecule has 17 heavy (non-hydrogen) atoms. The van der Waals surface area contributed by atoms with Crippen molar-refractivity contribution in [3.05, 3.63) is 53.4 Å². The highest BCUT2D eigenvalue weighted by atomic mass is 14.6. The van der Waals surface area contributed by atoms with Crippen LogP contribution in [0.25, 0.3) is 10.9 Å². The lowest BCUT2D eigenvalue weighted by molar-refractivity contribution is 1.10. The summed E-state index contributed by atoms with van der Waals surface area (Å²) in [7, 11) is 0. The molecule has 0 radical (unpaired) electrons. The second-order valence-corrected chi connectivity index (χ2v) is 3.90. The van der Waals surface area contributed by atoms with Gasteiger partial charge in [0.2, 0.25) is 0 Å². The Morgan fingerprint density at radius 3 is 3.00 bits per heavy atom. The van der Waals surface area contributed by atoms with E-state index in [9.17, 15) is 0 Å². The summed E-state index contributed by atoms with van der Waals surface area (Å²) in [5.74, 6) is 0. The van der Waals surface area contributed by atoms with Crippen LogP contribution in [-0.2, 0) is 6.42 Å². The van der Waals surface area contributed by atoms with Gasteiger partial charge in [-0.15, -0.1) is 0 Å². The molecule has 3 heteroatoms. The van der Waals surface area contributed by atoms with Gasteiger partial charge in [0.05, 0.1) is 11.1 Å². The van der Waals surface area contributed by atoms with Crippen molar-refractivity contribution in [3.8, 4) is 6.07 Å². The van der Waals surface area contributed by atoms with Crippen molar-refractivity contribution in [3.63, 3.8) is 0 Å². The van der Waals surface area contributed by atoms with Crippen molar-refractivity contribution in [1.82, 2.24) is 4.98 Å². The molecule has 0 spiro atoms. The lowest BCUT2D eigenvalue weighted by atomic mass is 10.1. The summed E-state index contributed by atoms with van der Waals surface area (Å²) in [6, 6.07) is 9.93. The Hall–Kier alpha value is -2.34. The molecule has 2 aromatic rings. The zero-order valence-corrected chi connectivity index (χ0v) is 9.64. The lowest BCUT2D eigenvalue weighted by Crippen LogP contribution is -2.00. The normalized spacial score (nSPS) is 11.4. The quantitative estimate of drug-likeness (QED) is 0.850. The molecule has 1 aromatic carbocycles. The smallest absolute Gasteiger partial charge is 0.101 e. The maximum Gasteiger partial charge on any atom is 0.101 e. The molecule has 0 aliphatic carbocycles. The number of hydrogen-bond donors (Lipinski definition) is 1. The summed E-state index contributed by atoms with van der Waals surface area (Å²) in [6.45, 7) is 1.92. The van der Waals surface area contributed by atoms with E-state index in [-0.39, 0.29) is 0 Å². The van der Waals surface area contributed by atoms with E-state index in [1.807, 2.05) is 37.3 Å². The molecular formula is C14H13N3. The second kappa shape index (κ2) is 4.67. The van der Waals surface area contributed by atoms with Gasteiger partial charge in [-0.25, -0.2) is 0 Å². The first-order valence-corrected chi connectivity index (χ1v) is 5.42. The predicted molar refractivity (Wildman–Crippen MR) is 68.1 cm³/mol. The highest BCUT2D eigenvalue weighted by Gasteiger charge is 2.00. The zero-order valence-electron chi connectivity index (χ0n) is 9.64. The minimum Gasteiger partial charge on any atom is -0.402 e. The van der Waals surface area contributed by atoms with E-state index in [4.69, 9.17) is 11.0 Å². The van der Waals surface area contributed by atoms with Crippen LogP contribution in [0.15, 0.2) is 42.2 Å². The van der Waals surface area contributed by atoms with Gasteiger partial charge in [0, 0.05) is 23.7 Å². The van der Waals surface area contributed by atoms with Crippen LogP contribution in [-0.4, -0.2) is 4.98 Å². The fourth-order valence-electron chi connectivity index (χ4n) is 1.69. The largest absolute Gasteiger partial charge is 0.402 e. The van der Waals surface area contributed by atoms with Crippen LogP contribution in [0.4, 0.5) is 0 Å². The van der Waals surface area contributed by atoms with Crippen molar-refractivity contribution >= 4 is 10.9 Å². The molecule has 3 nitrogen and oxygen atoms in total. The molecule has 0 saturated heterocycles. The average Bonchev–Trinajstić information content (AvgIpc) is 2.37. The molecule has 0 bridgehead atoms. The Bertz CT molecular complexity index is 621. The van der Waals surface area contributed by atoms with E-state index >= 15 is 0 Å². The molecule has 0 amide bonds. The topological polar surface area (TPSA) is 62.7 Å². The zero-order chi connectivity index (χ0) is 12.3. The standard InChI is InChI=1S/C14H13N3/c1-2-13(16)7-10-3-4-14-12(5-10)6-11(8-15)9-17-14/h2-6,9H,7,16H2,1H3/b13-2-. The molecular weight excluding hydrogens is 210 g/mol. The number of nitrogens with two attached hydrogens (primary N) is 1. The van der Waals surface area contributed by atoms with Gasteiger partial charge in [-0.3, -0.25) is 4.98 Å². The summed E-state index contributed by atoms with van der Waals surface area (Å²) >= 11 is 0. The van der Waals surface area contributed by atoms with Crippen molar-refractivity contribution < 1.29 is 0 Å². The maximum atomic E-state index is 8.83. The molecule has 2 N–H and O–H groups in total. The number of benzene rings is 1. The Kier molecular flexibility index (Phi) is 3.06. The first kappa shape index (κ1) is 11.2. The Morgan fingerprint density at radius 2 is 2.29 bits per heavy atom. The molecule has 1 heterocycles. The number of nitriles is 1. The molecule has 84 valence electrons. The Morgan fingerprint density at radius 1 is 1.47 bits per heavy atom. The minimum atomic E-state index is 0.577. The van der Waals surface area contributed by atoms with Crippen LogP contribution >= 0.6 is 0 Å². The molecule has 2 rings (SSSR count). The fraction of sp³-hybridized carbons (Fsp3) is 0.143. The summed E-state index contributed by atoms with van der Waals surface area (Å²) in [5, 5.41) is 9.81. The first-order chi connectivity index (χ1) is 8.22. The summed E-state index contributed by atoms with van der Waals surface area (Å²) < 4.78 is 0. The monoisotopic (exact) mass is 223 g/mol. The van der Waals surface area contributed by atoms with E-state index in [1.165, 1.54) is 0 Å². The van der Waals surface area contributed by atoms with Gasteiger partial charge in [-0.05, 0) is 30.7 Å². The predicted octanol–water partition coefficient (Wildman–Crippen LogP) is 2.51. The highest BCUT2D eigenvalue weighted by Crippen LogP contribution is 2.16. The van der Waals surface area contributed by atoms with Gasteiger partial charge in [0.15, 0.2) is 0 Å². The minimum absolute atomic E-state index is 0.577. The van der Waals surface area contributed by atoms with E-state index in [0.717, 1.165) is 28.6 Å². The number of pyridine rings is 1. The molecule has 1 aromatic heterocycles. The number of rotatable bonds is 2. The first-order valence-electron chi connectivity index (χ1n) is 5.42. The third-order valence-electron chi connectivity index (χ3n) is 2.65. The van der Waals surface area contributed by atoms with Crippen LogP contribution in [0.5, 0.6) is 0 Å². The van der Waals surface area contributed by atoms with E-state index in [0.29, 0.717) is 5.56 Å². The SMILES string of the molecule is C/C=C(\N)Cc1ccc2ncc(C#N)cc2c1. The summed E-state index contributed by atoms with van der Waals surface area (Å²) in [4.78, 5) is 4.22. The van der Waals surface area contributed by atoms with Crippen molar-refractivity contribution in [2.75, 3.05) is 0 Å². The number of fused-ring (bicyclic) bond motifs is 1. The van der Waals surface area contributed by atoms with Gasteiger partial charge in [0.1, 0.15) is 6.07 Å². The molecule has 0 atom stereocenters. The molecule has 0 unspecified atom stereocenters. The average molecular weight is 223 g/mol. The highest BCUT2D eigenvalue weighted by molar-refractivity contribution is 5.80. The molecule has 0 aliphatic rings. The number of aromatic nitrogens is 1. The summed E-state index contributed by atoms with van der Waals surface area (Å²) in [6.07, 6.45) is 4.21. The third kappa shape index (κ3) is 2.43. The number of nitrogens with zero attached hydrogens (tertiary/aromatic N) is 2. The Labute approximate surface area is 100 Å². The number of hydrogen-bond acceptors (Lipinski definition) is 3. The van der Waals surface area contributed by atoms with Gasteiger partial charge >= 0.3 is 0 Å². The van der Waals surface area contributed by atoms with Gasteiger partial charge in [-0.2, -0.15) is 5.26 Å². The van der Waals surface area contributed by atoms with Crippen LogP contribution in [0, 0.1) is 11.3 Å². The van der Waals surface area contributed by atoms with Crippen LogP contribution in [0.3, 0.4) is 0 Å². The number of allylic oxidation sites excluding steroid dienone is 2. The van der Waals surface area contributed by atoms with Crippen LogP contribution in [0.1, 0.15) is 18.1 Å². The Balaban J connectivity index is 2.45. The maximum absolute atomic E-state index is 8.83. The van der Waals surface area contributed by atoms with Crippen LogP contribution in [0.2, 0.25) is 0 Å². The van der Waals surface area contributed by atoms with Crippen LogP contribution < -0.4 is 5.73 Å². The molecule has 0 fully saturated rings. The second-order valence-electron chi connectivity index (χ2n) is 3.90. The lowest BCUT2D eigenvalue weighted by Gasteiger charge is -2.03. The van der Waals surface area contributed by atoms with Gasteiger partial charge < -0.3 is 5.73 Å². The van der Waals surface area contributed by atoms with Crippen molar-refractivity contribution in [2.24, 2.45) is 5.73 Å². The third-order valence-corrected chi connectivity index (χ3v) is 2.65. The van der Waals surface area contributed by atoms with E-state index in [2.05, 4.69) is 11.1 Å². The van der Waals surface area contributed by atoms with Gasteiger partial charge in [0.25, 0.3) is 0 Å². The summed E-state index contributed by atoms with van der Waals surface area (Å²) in [5.41, 5.74) is 9.24. The van der Waals surface area contributed by atoms with Crippen molar-refractivity contribution in [2.45, 2.75) is 13.3 Å². The molecule has 0 saturated carbocycles. The van der Waals surface area contributed by atoms with E-state index < -0.39 is 0 Å². The van der Waals surface area contributed by atoms with Gasteiger partial charge in [-0.1, -0.05) is 12.1 Å². The van der Waals surface area contributed by atoms with E-state index in [1.54, 1.807) is 6.20 Å². The molecule has 0 aliphatic heterocycles.